The lowest BCUT2D eigenvalue weighted by molar-refractivity contribution is -0.115. The van der Waals surface area contributed by atoms with Gasteiger partial charge in [-0.15, -0.1) is 40.9 Å². The summed E-state index contributed by atoms with van der Waals surface area (Å²) in [7, 11) is 1.21. The predicted molar refractivity (Wildman–Crippen MR) is 355 cm³/mol. The van der Waals surface area contributed by atoms with Gasteiger partial charge in [-0.25, -0.2) is 59.7 Å². The third kappa shape index (κ3) is 19.3. The van der Waals surface area contributed by atoms with E-state index in [1.807, 2.05) is 50.2 Å². The van der Waals surface area contributed by atoms with Gasteiger partial charge in [0.25, 0.3) is 0 Å². The highest BCUT2D eigenvalue weighted by Gasteiger charge is 2.16. The Morgan fingerprint density at radius 2 is 0.937 bits per heavy atom. The monoisotopic (exact) mass is 1380 g/mol. The average Bonchev–Trinajstić information content (AvgIpc) is 1.44. The molecule has 39 heteroatoms. The van der Waals surface area contributed by atoms with Crippen molar-refractivity contribution in [1.29, 1.82) is 5.41 Å². The minimum atomic E-state index is -0.749. The number of ether oxygens (including phenoxy) is 1. The zero-order valence-corrected chi connectivity index (χ0v) is 53.6. The zero-order valence-electron chi connectivity index (χ0n) is 49.6. The molecule has 0 aromatic carbocycles. The second kappa shape index (κ2) is 34.5. The summed E-state index contributed by atoms with van der Waals surface area (Å²) in [5, 5.41) is 92.5. The molecular formula is C56H48ClN25O9S4. The molecule has 9 N–H and O–H groups in total. The number of amides is 4. The van der Waals surface area contributed by atoms with E-state index >= 15 is 0 Å². The number of halogens is 1. The fourth-order valence-corrected chi connectivity index (χ4v) is 9.91. The number of nitrogens with one attached hydrogen (secondary N) is 5. The number of carbonyl (C=O) groups excluding carboxylic acids is 4. The van der Waals surface area contributed by atoms with E-state index in [0.29, 0.717) is 67.2 Å². The highest BCUT2D eigenvalue weighted by Crippen LogP contribution is 2.37. The summed E-state index contributed by atoms with van der Waals surface area (Å²) in [6.07, 6.45) is 8.35. The Hall–Kier alpha value is -12.0. The maximum Gasteiger partial charge on any atom is 0.412 e. The lowest BCUT2D eigenvalue weighted by atomic mass is 10.2. The number of aromatic hydroxyl groups is 4. The maximum absolute atomic E-state index is 11.7. The first-order valence-corrected chi connectivity index (χ1v) is 30.8. The number of fused-ring (bicyclic) bond motifs is 4. The molecule has 12 aromatic heterocycles. The lowest BCUT2D eigenvalue weighted by Crippen LogP contribution is -2.29. The highest BCUT2D eigenvalue weighted by molar-refractivity contribution is 7.12. The Bertz CT molecular complexity index is 4830. The summed E-state index contributed by atoms with van der Waals surface area (Å²) in [6, 6.07) is 24.4. The molecular weight excluding hydrogens is 1330 g/mol. The molecule has 12 aromatic rings. The molecule has 0 aliphatic heterocycles. The number of anilines is 3. The fourth-order valence-electron chi connectivity index (χ4n) is 7.14. The number of aryl methyl sites for hydroxylation is 1. The molecule has 4 amide bonds. The van der Waals surface area contributed by atoms with Crippen molar-refractivity contribution in [2.75, 3.05) is 29.6 Å². The number of isocyanates is 1. The van der Waals surface area contributed by atoms with E-state index in [1.165, 1.54) is 78.1 Å². The molecule has 482 valence electrons. The number of carbonyl (C=O) groups is 3. The predicted octanol–water partition coefficient (Wildman–Crippen LogP) is 15.0. The maximum atomic E-state index is 11.7. The van der Waals surface area contributed by atoms with E-state index in [2.05, 4.69) is 124 Å². The standard InChI is InChI=1S/C16H16N6O2S.C15H15N7O2S.C13H10N6O3S.C11H6ClN5OS.CHNO/c1-3-9-8-11(23)15(18-12(24)4-2)19-13(9)20-21-16-10-6-5-7-17-14(10)22-25-16;1-2-7-17-15(24)19-13-10(23)5-6-11(18-13)20-21-14-9-4-3-8-16-12(9)22-25-14;1-22-13(21)16-11-8(20)4-5-9(15-11)17-18-12-7-3-2-6-14-10(7)19-23-12;12-9-7(18)3-4-8(14-9)15-16-11-6-2-1-5-13-10(6)17-19-11;2-1-3/h5-8,23H,3-4H2,1-2H3,(H,18,19,24);3-6,8,23H,2,7H2,1H3,(H2,17,18,19,24);2-6,20H,1H3,(H,15,16,21);1-5,18H;2H. The Morgan fingerprint density at radius 3 is 1.34 bits per heavy atom. The van der Waals surface area contributed by atoms with Crippen molar-refractivity contribution in [3.63, 3.8) is 0 Å². The lowest BCUT2D eigenvalue weighted by Gasteiger charge is -2.08. The second-order valence-electron chi connectivity index (χ2n) is 18.0. The van der Waals surface area contributed by atoms with Crippen LogP contribution in [0.5, 0.6) is 23.0 Å². The molecule has 34 nitrogen and oxygen atoms in total. The van der Waals surface area contributed by atoms with Crippen molar-refractivity contribution >= 4 is 187 Å². The third-order valence-corrected chi connectivity index (χ3v) is 14.9. The highest BCUT2D eigenvalue weighted by atomic mass is 35.5. The third-order valence-electron chi connectivity index (χ3n) is 11.6. The van der Waals surface area contributed by atoms with Crippen LogP contribution in [0, 0.1) is 5.41 Å². The summed E-state index contributed by atoms with van der Waals surface area (Å²) in [5.41, 5.74) is 3.18. The fraction of sp³-hybridized carbons (Fsp3) is 0.143. The van der Waals surface area contributed by atoms with Gasteiger partial charge >= 0.3 is 12.1 Å². The largest absolute Gasteiger partial charge is 0.505 e. The molecule has 0 aliphatic carbocycles. The average molecular weight is 1380 g/mol. The first-order chi connectivity index (χ1) is 46.1. The van der Waals surface area contributed by atoms with Crippen molar-refractivity contribution in [3.05, 3.63) is 126 Å². The molecule has 0 aliphatic rings. The van der Waals surface area contributed by atoms with Gasteiger partial charge in [0.1, 0.15) is 0 Å². The van der Waals surface area contributed by atoms with Crippen LogP contribution in [-0.4, -0.2) is 116 Å². The van der Waals surface area contributed by atoms with E-state index < -0.39 is 12.1 Å². The Kier molecular flexibility index (Phi) is 25.0. The van der Waals surface area contributed by atoms with Crippen molar-refractivity contribution in [1.82, 2.24) is 62.7 Å². The van der Waals surface area contributed by atoms with Gasteiger partial charge in [-0.2, -0.15) is 17.5 Å². The van der Waals surface area contributed by atoms with Gasteiger partial charge in [-0.3, -0.25) is 15.4 Å². The van der Waals surface area contributed by atoms with Crippen LogP contribution in [0.3, 0.4) is 0 Å². The molecule has 0 spiro atoms. The van der Waals surface area contributed by atoms with E-state index in [9.17, 15) is 34.8 Å². The van der Waals surface area contributed by atoms with Crippen LogP contribution in [0.25, 0.3) is 44.1 Å². The molecule has 0 saturated heterocycles. The number of hydrogen-bond acceptors (Lipinski definition) is 34. The summed E-state index contributed by atoms with van der Waals surface area (Å²) in [5.74, 6) is 0.352. The van der Waals surface area contributed by atoms with Crippen molar-refractivity contribution < 1.29 is 44.3 Å². The molecule has 12 rings (SSSR count). The van der Waals surface area contributed by atoms with Crippen LogP contribution >= 0.6 is 57.7 Å². The van der Waals surface area contributed by atoms with Crippen molar-refractivity contribution in [2.24, 2.45) is 40.9 Å². The summed E-state index contributed by atoms with van der Waals surface area (Å²) in [4.78, 5) is 75.5. The van der Waals surface area contributed by atoms with Crippen LogP contribution in [0.15, 0.2) is 157 Å². The van der Waals surface area contributed by atoms with Gasteiger partial charge in [-0.05, 0) is 150 Å². The van der Waals surface area contributed by atoms with Crippen LogP contribution < -0.4 is 21.3 Å². The number of azo groups is 4. The van der Waals surface area contributed by atoms with Crippen LogP contribution in [0.1, 0.15) is 39.2 Å². The molecule has 95 heavy (non-hydrogen) atoms. The van der Waals surface area contributed by atoms with Crippen molar-refractivity contribution in [2.45, 2.75) is 40.0 Å². The van der Waals surface area contributed by atoms with Gasteiger partial charge in [0.05, 0.1) is 28.7 Å². The summed E-state index contributed by atoms with van der Waals surface area (Å²) in [6.45, 7) is 6.11. The van der Waals surface area contributed by atoms with E-state index in [4.69, 9.17) is 21.8 Å². The van der Waals surface area contributed by atoms with E-state index in [0.717, 1.165) is 51.1 Å². The van der Waals surface area contributed by atoms with Crippen LogP contribution in [0.4, 0.5) is 70.3 Å². The van der Waals surface area contributed by atoms with E-state index in [-0.39, 0.29) is 69.6 Å². The zero-order chi connectivity index (χ0) is 67.6. The first-order valence-electron chi connectivity index (χ1n) is 27.3. The number of pyridine rings is 8. The second-order valence-corrected chi connectivity index (χ2v) is 21.4. The first kappa shape index (κ1) is 68.9. The number of methoxy groups -OCH3 is 1. The Labute approximate surface area is 556 Å². The minimum Gasteiger partial charge on any atom is -0.505 e. The molecule has 0 saturated carbocycles. The molecule has 0 radical (unpaired) electrons. The SMILES string of the molecule is CCC(=O)Nc1nc(N=Nc2snc3ncccc23)c(CC)cc1O.CCCNC(=O)Nc1nc(N=Nc2snc3ncccc23)ccc1O.COC(=O)Nc1nc(N=Nc2snc3ncccc23)ccc1O.N=C=O.Oc1ccc(N=Nc2snc3ncccc23)nc1Cl. The summed E-state index contributed by atoms with van der Waals surface area (Å²) >= 11 is 10.4. The topological polar surface area (TPSA) is 484 Å². The number of aromatic nitrogens is 12. The quantitative estimate of drug-likeness (QED) is 0.0199. The van der Waals surface area contributed by atoms with Gasteiger partial charge in [0, 0.05) is 43.3 Å². The van der Waals surface area contributed by atoms with Gasteiger partial charge < -0.3 is 35.8 Å². The minimum absolute atomic E-state index is 0.00715. The number of nitrogens with zero attached hydrogens (tertiary/aromatic N) is 20. The Morgan fingerprint density at radius 1 is 0.537 bits per heavy atom. The van der Waals surface area contributed by atoms with Gasteiger partial charge in [0.15, 0.2) is 111 Å². The molecule has 0 unspecified atom stereocenters. The molecule has 0 bridgehead atoms. The van der Waals surface area contributed by atoms with Crippen LogP contribution in [-0.2, 0) is 20.7 Å². The molecule has 0 atom stereocenters. The normalized spacial score (nSPS) is 10.9. The number of rotatable bonds is 15. The number of hydrogen-bond donors (Lipinski definition) is 9. The number of urea groups is 1. The van der Waals surface area contributed by atoms with Gasteiger partial charge in [-0.1, -0.05) is 32.4 Å². The summed E-state index contributed by atoms with van der Waals surface area (Å²) < 4.78 is 21.2. The van der Waals surface area contributed by atoms with Gasteiger partial charge in [0.2, 0.25) is 12.0 Å². The van der Waals surface area contributed by atoms with Crippen molar-refractivity contribution in [3.8, 4) is 23.0 Å². The molecule has 0 fully saturated rings. The van der Waals surface area contributed by atoms with Crippen LogP contribution in [0.2, 0.25) is 5.15 Å². The molecule has 12 heterocycles. The van der Waals surface area contributed by atoms with E-state index in [1.54, 1.807) is 49.9 Å². The smallest absolute Gasteiger partial charge is 0.412 e. The Balaban J connectivity index is 0.000000161.